The zero-order valence-electron chi connectivity index (χ0n) is 6.76. The number of hydrogen-bond donors (Lipinski definition) is 0. The van der Waals surface area contributed by atoms with E-state index in [0.717, 1.165) is 4.48 Å². The van der Waals surface area contributed by atoms with Crippen molar-refractivity contribution in [3.05, 3.63) is 36.1 Å². The Kier molecular flexibility index (Phi) is 1.71. The molecule has 10 heavy (non-hydrogen) atoms. The highest BCUT2D eigenvalue weighted by Crippen LogP contribution is 2.11. The Bertz CT molecular complexity index is 201. The van der Waals surface area contributed by atoms with Crippen LogP contribution < -0.4 is 0 Å². The van der Waals surface area contributed by atoms with Gasteiger partial charge >= 0.3 is 0 Å². The largest absolute Gasteiger partial charge is 0.248 e. The van der Waals surface area contributed by atoms with Crippen LogP contribution in [0.25, 0.3) is 0 Å². The minimum atomic E-state index is 0.858. The van der Waals surface area contributed by atoms with E-state index in [4.69, 9.17) is 0 Å². The first kappa shape index (κ1) is 7.20. The van der Waals surface area contributed by atoms with E-state index in [1.54, 1.807) is 0 Å². The predicted octanol–water partition coefficient (Wildman–Crippen LogP) is 1.51. The second-order valence-electron chi connectivity index (χ2n) is 3.27. The first-order valence-corrected chi connectivity index (χ1v) is 3.39. The van der Waals surface area contributed by atoms with Crippen LogP contribution in [0.4, 0.5) is 0 Å². The molecular weight excluding hydrogens is 122 g/mol. The fourth-order valence-electron chi connectivity index (χ4n) is 0.801. The summed E-state index contributed by atoms with van der Waals surface area (Å²) in [6.07, 6.45) is 11.1. The summed E-state index contributed by atoms with van der Waals surface area (Å²) < 4.78 is 0.858. The zero-order valence-corrected chi connectivity index (χ0v) is 6.76. The summed E-state index contributed by atoms with van der Waals surface area (Å²) in [5.41, 5.74) is 1.28. The zero-order chi connectivity index (χ0) is 7.61. The van der Waals surface area contributed by atoms with Crippen LogP contribution >= 0.6 is 0 Å². The van der Waals surface area contributed by atoms with Gasteiger partial charge in [0.1, 0.15) is 12.2 Å². The first-order valence-electron chi connectivity index (χ1n) is 3.39. The van der Waals surface area contributed by atoms with Gasteiger partial charge in [0, 0.05) is 6.08 Å². The van der Waals surface area contributed by atoms with Gasteiger partial charge in [0.15, 0.2) is 6.08 Å². The van der Waals surface area contributed by atoms with Crippen molar-refractivity contribution in [3.8, 4) is 0 Å². The Morgan fingerprint density at radius 3 is 2.30 bits per heavy atom. The smallest absolute Gasteiger partial charge is 0.240 e. The maximum atomic E-state index is 3.05. The summed E-state index contributed by atoms with van der Waals surface area (Å²) in [7, 11) is 6.43. The third-order valence-corrected chi connectivity index (χ3v) is 1.47. The molecule has 1 heteroatoms. The molecular formula is C9H13N+2. The van der Waals surface area contributed by atoms with Crippen molar-refractivity contribution in [3.63, 3.8) is 0 Å². The van der Waals surface area contributed by atoms with E-state index in [1.165, 1.54) is 5.70 Å². The highest BCUT2D eigenvalue weighted by Gasteiger charge is 2.19. The van der Waals surface area contributed by atoms with Crippen LogP contribution in [0, 0.1) is 6.08 Å². The molecule has 0 N–H and O–H groups in total. The number of hydrogen-bond acceptors (Lipinski definition) is 0. The van der Waals surface area contributed by atoms with Crippen molar-refractivity contribution in [2.24, 2.45) is 0 Å². The highest BCUT2D eigenvalue weighted by molar-refractivity contribution is 5.24. The van der Waals surface area contributed by atoms with Crippen LogP contribution in [0.3, 0.4) is 0 Å². The molecule has 0 saturated heterocycles. The van der Waals surface area contributed by atoms with Crippen molar-refractivity contribution in [1.29, 1.82) is 0 Å². The van der Waals surface area contributed by atoms with E-state index in [2.05, 4.69) is 33.3 Å². The van der Waals surface area contributed by atoms with Crippen molar-refractivity contribution in [2.75, 3.05) is 21.1 Å². The SMILES string of the molecule is C[N+](C)(C)C1=CC=C[C+]=C1. The predicted molar refractivity (Wildman–Crippen MR) is 43.1 cm³/mol. The molecule has 0 aliphatic heterocycles. The number of quaternary nitrogens is 1. The summed E-state index contributed by atoms with van der Waals surface area (Å²) in [4.78, 5) is 0. The summed E-state index contributed by atoms with van der Waals surface area (Å²) >= 11 is 0. The molecule has 0 fully saturated rings. The fraction of sp³-hybridized carbons (Fsp3) is 0.333. The van der Waals surface area contributed by atoms with Crippen LogP contribution in [0.5, 0.6) is 0 Å². The molecule has 0 aromatic carbocycles. The topological polar surface area (TPSA) is 0 Å². The van der Waals surface area contributed by atoms with Crippen LogP contribution in [0.1, 0.15) is 0 Å². The van der Waals surface area contributed by atoms with Gasteiger partial charge in [-0.1, -0.05) is 0 Å². The van der Waals surface area contributed by atoms with E-state index in [-0.39, 0.29) is 0 Å². The third kappa shape index (κ3) is 1.53. The van der Waals surface area contributed by atoms with Crippen LogP contribution in [-0.2, 0) is 0 Å². The van der Waals surface area contributed by atoms with E-state index < -0.39 is 0 Å². The third-order valence-electron chi connectivity index (χ3n) is 1.47. The summed E-state index contributed by atoms with van der Waals surface area (Å²) in [5, 5.41) is 0. The van der Waals surface area contributed by atoms with Gasteiger partial charge < -0.3 is 0 Å². The van der Waals surface area contributed by atoms with Gasteiger partial charge in [0.25, 0.3) is 0 Å². The van der Waals surface area contributed by atoms with Gasteiger partial charge in [-0.25, -0.2) is 4.48 Å². The lowest BCUT2D eigenvalue weighted by Crippen LogP contribution is -2.32. The maximum absolute atomic E-state index is 3.05. The summed E-state index contributed by atoms with van der Waals surface area (Å²) in [5.74, 6) is 0. The normalized spacial score (nSPS) is 16.5. The Morgan fingerprint density at radius 2 is 2.00 bits per heavy atom. The van der Waals surface area contributed by atoms with Gasteiger partial charge in [0.05, 0.1) is 27.2 Å². The van der Waals surface area contributed by atoms with Crippen molar-refractivity contribution in [1.82, 2.24) is 0 Å². The van der Waals surface area contributed by atoms with E-state index in [1.807, 2.05) is 18.2 Å². The van der Waals surface area contributed by atoms with Gasteiger partial charge in [-0.2, -0.15) is 0 Å². The molecule has 52 valence electrons. The van der Waals surface area contributed by atoms with Crippen molar-refractivity contribution < 1.29 is 4.48 Å². The first-order chi connectivity index (χ1) is 4.61. The molecule has 0 bridgehead atoms. The van der Waals surface area contributed by atoms with E-state index in [9.17, 15) is 0 Å². The lowest BCUT2D eigenvalue weighted by atomic mass is 10.2. The molecule has 0 atom stereocenters. The lowest BCUT2D eigenvalue weighted by molar-refractivity contribution is -0.828. The monoisotopic (exact) mass is 135 g/mol. The molecule has 1 rings (SSSR count). The van der Waals surface area contributed by atoms with Gasteiger partial charge in [-0.15, -0.1) is 0 Å². The molecule has 0 heterocycles. The highest BCUT2D eigenvalue weighted by atomic mass is 15.3. The van der Waals surface area contributed by atoms with Crippen LogP contribution in [-0.4, -0.2) is 25.6 Å². The number of likely N-dealkylation sites (N-methyl/N-ethyl adjacent to an activating group) is 1. The Morgan fingerprint density at radius 1 is 1.30 bits per heavy atom. The lowest BCUT2D eigenvalue weighted by Gasteiger charge is -2.18. The Balaban J connectivity index is 2.85. The number of nitrogens with zero attached hydrogens (tertiary/aromatic N) is 1. The van der Waals surface area contributed by atoms with Crippen molar-refractivity contribution >= 4 is 0 Å². The molecule has 0 spiro atoms. The summed E-state index contributed by atoms with van der Waals surface area (Å²) in [6, 6.07) is 0. The van der Waals surface area contributed by atoms with E-state index >= 15 is 0 Å². The minimum absolute atomic E-state index is 0.858. The molecule has 0 unspecified atom stereocenters. The Labute approximate surface area is 62.6 Å². The maximum Gasteiger partial charge on any atom is 0.240 e. The molecule has 1 aliphatic rings. The summed E-state index contributed by atoms with van der Waals surface area (Å²) in [6.45, 7) is 0. The molecule has 0 amide bonds. The number of rotatable bonds is 1. The van der Waals surface area contributed by atoms with Gasteiger partial charge in [0.2, 0.25) is 5.70 Å². The minimum Gasteiger partial charge on any atom is -0.248 e. The fourth-order valence-corrected chi connectivity index (χ4v) is 0.801. The van der Waals surface area contributed by atoms with Gasteiger partial charge in [-0.3, -0.25) is 0 Å². The second kappa shape index (κ2) is 2.37. The molecule has 0 aromatic heterocycles. The molecule has 1 nitrogen and oxygen atoms in total. The van der Waals surface area contributed by atoms with Crippen molar-refractivity contribution in [2.45, 2.75) is 0 Å². The molecule has 0 aromatic rings. The molecule has 1 aliphatic carbocycles. The number of allylic oxidation sites excluding steroid dienone is 5. The Hall–Kier alpha value is -0.910. The van der Waals surface area contributed by atoms with Crippen LogP contribution in [0.2, 0.25) is 0 Å². The van der Waals surface area contributed by atoms with E-state index in [0.29, 0.717) is 0 Å². The molecule has 0 radical (unpaired) electrons. The van der Waals surface area contributed by atoms with Gasteiger partial charge in [-0.05, 0) is 0 Å². The van der Waals surface area contributed by atoms with Crippen LogP contribution in [0.15, 0.2) is 30.0 Å². The standard InChI is InChI=1S/C9H13N/c1-10(2,3)9-7-5-4-6-8-9/h4-5,7-8H,1-3H3/q+2. The quantitative estimate of drug-likeness (QED) is 0.377. The average Bonchev–Trinajstić information content (AvgIpc) is 1.88. The average molecular weight is 135 g/mol. The second-order valence-corrected chi connectivity index (χ2v) is 3.27. The molecule has 0 saturated carbocycles.